The Kier molecular flexibility index (Phi) is 5.09. The first kappa shape index (κ1) is 18.8. The van der Waals surface area contributed by atoms with E-state index in [0.717, 1.165) is 23.3 Å². The van der Waals surface area contributed by atoms with Gasteiger partial charge >= 0.3 is 6.18 Å². The highest BCUT2D eigenvalue weighted by Crippen LogP contribution is 2.32. The fourth-order valence-electron chi connectivity index (χ4n) is 2.68. The van der Waals surface area contributed by atoms with Crippen LogP contribution in [-0.4, -0.2) is 24.7 Å². The molecule has 0 spiro atoms. The number of nitrogens with zero attached hydrogens (tertiary/aromatic N) is 5. The standard InChI is InChI=1S/C18H12F3N5.ClH/c19-18(20,21)14-3-1-2-12(6-14)13-7-17-16(23-8-13)9-25-26(17)10-15-4-5-22-11-24-15;/h1-9,11H,10H2;1H. The SMILES string of the molecule is Cl.FC(F)(F)c1cccc(-c2cnc3cnn(Cc4ccncn4)c3c2)c1. The van der Waals surface area contributed by atoms with E-state index in [0.29, 0.717) is 23.2 Å². The minimum atomic E-state index is -4.39. The summed E-state index contributed by atoms with van der Waals surface area (Å²) in [7, 11) is 0. The lowest BCUT2D eigenvalue weighted by molar-refractivity contribution is -0.137. The number of benzene rings is 1. The van der Waals surface area contributed by atoms with Crippen LogP contribution in [0.1, 0.15) is 11.3 Å². The molecule has 0 saturated heterocycles. The fourth-order valence-corrected chi connectivity index (χ4v) is 2.68. The Balaban J connectivity index is 0.00000210. The van der Waals surface area contributed by atoms with Gasteiger partial charge in [-0.25, -0.2) is 9.97 Å². The molecule has 138 valence electrons. The minimum Gasteiger partial charge on any atom is -0.257 e. The second kappa shape index (κ2) is 7.32. The first-order chi connectivity index (χ1) is 12.5. The maximum Gasteiger partial charge on any atom is 0.416 e. The predicted octanol–water partition coefficient (Wildman–Crippen LogP) is 4.38. The molecule has 1 aromatic carbocycles. The van der Waals surface area contributed by atoms with Gasteiger partial charge in [0.05, 0.1) is 29.5 Å². The summed E-state index contributed by atoms with van der Waals surface area (Å²) in [5.41, 5.74) is 2.50. The zero-order valence-corrected chi connectivity index (χ0v) is 14.6. The van der Waals surface area contributed by atoms with E-state index in [1.807, 2.05) is 0 Å². The average molecular weight is 392 g/mol. The molecule has 4 rings (SSSR count). The van der Waals surface area contributed by atoms with Crippen molar-refractivity contribution in [3.63, 3.8) is 0 Å². The summed E-state index contributed by atoms with van der Waals surface area (Å²) in [6.07, 6.45) is 1.87. The minimum absolute atomic E-state index is 0. The molecule has 0 unspecified atom stereocenters. The van der Waals surface area contributed by atoms with Crippen LogP contribution in [0.25, 0.3) is 22.2 Å². The molecule has 27 heavy (non-hydrogen) atoms. The highest BCUT2D eigenvalue weighted by Gasteiger charge is 2.30. The van der Waals surface area contributed by atoms with E-state index >= 15 is 0 Å². The van der Waals surface area contributed by atoms with Crippen LogP contribution < -0.4 is 0 Å². The molecule has 0 saturated carbocycles. The predicted molar refractivity (Wildman–Crippen MR) is 96.3 cm³/mol. The van der Waals surface area contributed by atoms with Crippen LogP contribution in [0, 0.1) is 0 Å². The Bertz CT molecular complexity index is 1060. The van der Waals surface area contributed by atoms with Gasteiger partial charge < -0.3 is 0 Å². The number of halogens is 4. The van der Waals surface area contributed by atoms with Gasteiger partial charge in [0.25, 0.3) is 0 Å². The van der Waals surface area contributed by atoms with Crippen molar-refractivity contribution in [1.29, 1.82) is 0 Å². The Labute approximate surface area is 158 Å². The molecule has 0 aliphatic carbocycles. The normalized spacial score (nSPS) is 11.4. The van der Waals surface area contributed by atoms with Gasteiger partial charge in [-0.15, -0.1) is 12.4 Å². The monoisotopic (exact) mass is 391 g/mol. The van der Waals surface area contributed by atoms with E-state index in [-0.39, 0.29) is 12.4 Å². The molecule has 0 aliphatic rings. The van der Waals surface area contributed by atoms with Crippen molar-refractivity contribution in [2.75, 3.05) is 0 Å². The van der Waals surface area contributed by atoms with Crippen LogP contribution in [-0.2, 0) is 12.7 Å². The van der Waals surface area contributed by atoms with Gasteiger partial charge in [-0.05, 0) is 29.8 Å². The van der Waals surface area contributed by atoms with Crippen molar-refractivity contribution in [2.45, 2.75) is 12.7 Å². The molecule has 0 atom stereocenters. The summed E-state index contributed by atoms with van der Waals surface area (Å²) >= 11 is 0. The number of fused-ring (bicyclic) bond motifs is 1. The third-order valence-corrected chi connectivity index (χ3v) is 3.97. The van der Waals surface area contributed by atoms with Crippen molar-refractivity contribution in [2.24, 2.45) is 0 Å². The van der Waals surface area contributed by atoms with E-state index in [2.05, 4.69) is 20.1 Å². The maximum absolute atomic E-state index is 13.0. The van der Waals surface area contributed by atoms with Gasteiger partial charge in [0.15, 0.2) is 0 Å². The average Bonchev–Trinajstić information content (AvgIpc) is 3.04. The number of alkyl halides is 3. The topological polar surface area (TPSA) is 56.5 Å². The molecule has 3 aromatic heterocycles. The van der Waals surface area contributed by atoms with Gasteiger partial charge in [-0.2, -0.15) is 18.3 Å². The molecular formula is C18H13ClF3N5. The molecular weight excluding hydrogens is 379 g/mol. The number of hydrogen-bond acceptors (Lipinski definition) is 4. The smallest absolute Gasteiger partial charge is 0.257 e. The lowest BCUT2D eigenvalue weighted by Crippen LogP contribution is -2.05. The van der Waals surface area contributed by atoms with Crippen LogP contribution in [0.15, 0.2) is 61.3 Å². The molecule has 9 heteroatoms. The summed E-state index contributed by atoms with van der Waals surface area (Å²) in [5, 5.41) is 4.30. The largest absolute Gasteiger partial charge is 0.416 e. The van der Waals surface area contributed by atoms with E-state index in [9.17, 15) is 13.2 Å². The van der Waals surface area contributed by atoms with E-state index in [4.69, 9.17) is 0 Å². The first-order valence-electron chi connectivity index (χ1n) is 7.75. The molecule has 0 aliphatic heterocycles. The number of pyridine rings is 1. The van der Waals surface area contributed by atoms with E-state index in [1.165, 1.54) is 12.4 Å². The summed E-state index contributed by atoms with van der Waals surface area (Å²) in [4.78, 5) is 12.4. The third-order valence-electron chi connectivity index (χ3n) is 3.97. The molecule has 4 aromatic rings. The second-order valence-corrected chi connectivity index (χ2v) is 5.71. The molecule has 0 bridgehead atoms. The van der Waals surface area contributed by atoms with Crippen LogP contribution in [0.4, 0.5) is 13.2 Å². The van der Waals surface area contributed by atoms with Crippen molar-refractivity contribution in [3.8, 4) is 11.1 Å². The van der Waals surface area contributed by atoms with Crippen LogP contribution >= 0.6 is 12.4 Å². The zero-order chi connectivity index (χ0) is 18.1. The quantitative estimate of drug-likeness (QED) is 0.520. The van der Waals surface area contributed by atoms with Crippen LogP contribution in [0.2, 0.25) is 0 Å². The first-order valence-corrected chi connectivity index (χ1v) is 7.75. The van der Waals surface area contributed by atoms with Crippen LogP contribution in [0.5, 0.6) is 0 Å². The van der Waals surface area contributed by atoms with E-state index in [1.54, 1.807) is 41.5 Å². The summed E-state index contributed by atoms with van der Waals surface area (Å²) < 4.78 is 40.6. The number of rotatable bonds is 3. The highest BCUT2D eigenvalue weighted by molar-refractivity contribution is 5.85. The Morgan fingerprint density at radius 3 is 2.56 bits per heavy atom. The molecule has 0 N–H and O–H groups in total. The lowest BCUT2D eigenvalue weighted by Gasteiger charge is -2.09. The van der Waals surface area contributed by atoms with Gasteiger partial charge in [-0.1, -0.05) is 12.1 Å². The Morgan fingerprint density at radius 2 is 1.81 bits per heavy atom. The number of aromatic nitrogens is 5. The highest BCUT2D eigenvalue weighted by atomic mass is 35.5. The third kappa shape index (κ3) is 3.90. The second-order valence-electron chi connectivity index (χ2n) is 5.71. The Hall–Kier alpha value is -3.00. The van der Waals surface area contributed by atoms with Crippen LogP contribution in [0.3, 0.4) is 0 Å². The number of hydrogen-bond donors (Lipinski definition) is 0. The van der Waals surface area contributed by atoms with Gasteiger partial charge in [0.1, 0.15) is 11.8 Å². The maximum atomic E-state index is 13.0. The van der Waals surface area contributed by atoms with Crippen molar-refractivity contribution in [3.05, 3.63) is 72.6 Å². The van der Waals surface area contributed by atoms with Gasteiger partial charge in [-0.3, -0.25) is 9.67 Å². The molecule has 0 radical (unpaired) electrons. The summed E-state index contributed by atoms with van der Waals surface area (Å²) in [6.45, 7) is 0.416. The summed E-state index contributed by atoms with van der Waals surface area (Å²) in [6, 6.07) is 8.75. The lowest BCUT2D eigenvalue weighted by atomic mass is 10.0. The van der Waals surface area contributed by atoms with Gasteiger partial charge in [0.2, 0.25) is 0 Å². The molecule has 0 amide bonds. The Morgan fingerprint density at radius 1 is 0.963 bits per heavy atom. The van der Waals surface area contributed by atoms with Crippen molar-refractivity contribution in [1.82, 2.24) is 24.7 Å². The zero-order valence-electron chi connectivity index (χ0n) is 13.8. The van der Waals surface area contributed by atoms with E-state index < -0.39 is 11.7 Å². The molecule has 0 fully saturated rings. The van der Waals surface area contributed by atoms with Crippen molar-refractivity contribution >= 4 is 23.4 Å². The summed E-state index contributed by atoms with van der Waals surface area (Å²) in [5.74, 6) is 0. The van der Waals surface area contributed by atoms with Crippen molar-refractivity contribution < 1.29 is 13.2 Å². The van der Waals surface area contributed by atoms with Gasteiger partial charge in [0, 0.05) is 18.0 Å². The molecule has 3 heterocycles. The molecule has 5 nitrogen and oxygen atoms in total. The fraction of sp³-hybridized carbons (Fsp3) is 0.111.